The van der Waals surface area contributed by atoms with Gasteiger partial charge in [0.25, 0.3) is 5.69 Å². The Hall–Kier alpha value is -2.21. The first-order valence-corrected chi connectivity index (χ1v) is 6.49. The fraction of sp³-hybridized carbons (Fsp3) is 0.357. The summed E-state index contributed by atoms with van der Waals surface area (Å²) in [6.07, 6.45) is 2.85. The van der Waals surface area contributed by atoms with Gasteiger partial charge in [-0.05, 0) is 25.5 Å². The van der Waals surface area contributed by atoms with Gasteiger partial charge in [-0.15, -0.1) is 0 Å². The van der Waals surface area contributed by atoms with Crippen LogP contribution in [0.3, 0.4) is 0 Å². The van der Waals surface area contributed by atoms with Crippen LogP contribution in [0.25, 0.3) is 0 Å². The molecule has 0 unspecified atom stereocenters. The second-order valence-electron chi connectivity index (χ2n) is 4.76. The van der Waals surface area contributed by atoms with Gasteiger partial charge in [0.1, 0.15) is 0 Å². The first kappa shape index (κ1) is 14.2. The molecule has 6 nitrogen and oxygen atoms in total. The molecule has 0 fully saturated rings. The van der Waals surface area contributed by atoms with Gasteiger partial charge in [0.05, 0.1) is 10.6 Å². The molecule has 0 radical (unpaired) electrons. The minimum Gasteiger partial charge on any atom is -0.312 e. The maximum Gasteiger partial charge on any atom is 0.269 e. The van der Waals surface area contributed by atoms with E-state index in [1.807, 2.05) is 24.9 Å². The van der Waals surface area contributed by atoms with Crippen LogP contribution in [-0.4, -0.2) is 21.2 Å². The molecule has 2 aromatic rings. The van der Waals surface area contributed by atoms with Crippen molar-refractivity contribution in [2.45, 2.75) is 19.9 Å². The van der Waals surface area contributed by atoms with Crippen LogP contribution in [0.1, 0.15) is 16.8 Å². The summed E-state index contributed by atoms with van der Waals surface area (Å²) in [6, 6.07) is 6.69. The summed E-state index contributed by atoms with van der Waals surface area (Å²) in [6.45, 7) is 3.60. The van der Waals surface area contributed by atoms with Crippen molar-refractivity contribution in [2.24, 2.45) is 7.05 Å². The molecule has 1 N–H and O–H groups in total. The summed E-state index contributed by atoms with van der Waals surface area (Å²) in [5.41, 5.74) is 3.45. The Morgan fingerprint density at radius 1 is 1.35 bits per heavy atom. The summed E-state index contributed by atoms with van der Waals surface area (Å²) >= 11 is 0. The molecule has 0 bridgehead atoms. The molecule has 0 aliphatic carbocycles. The van der Waals surface area contributed by atoms with Gasteiger partial charge in [-0.3, -0.25) is 14.8 Å². The Bertz CT molecular complexity index is 590. The Morgan fingerprint density at radius 3 is 2.60 bits per heavy atom. The maximum atomic E-state index is 10.5. The molecular weight excluding hydrogens is 256 g/mol. The van der Waals surface area contributed by atoms with Crippen LogP contribution in [0.15, 0.2) is 30.5 Å². The molecule has 0 spiro atoms. The Balaban J connectivity index is 1.78. The molecule has 1 heterocycles. The summed E-state index contributed by atoms with van der Waals surface area (Å²) in [4.78, 5) is 10.2. The zero-order chi connectivity index (χ0) is 14.5. The Labute approximate surface area is 117 Å². The van der Waals surface area contributed by atoms with E-state index in [2.05, 4.69) is 10.4 Å². The van der Waals surface area contributed by atoms with Crippen molar-refractivity contribution in [1.82, 2.24) is 15.1 Å². The predicted molar refractivity (Wildman–Crippen MR) is 76.5 cm³/mol. The minimum absolute atomic E-state index is 0.132. The zero-order valence-electron chi connectivity index (χ0n) is 11.7. The van der Waals surface area contributed by atoms with Crippen LogP contribution in [-0.2, 0) is 20.0 Å². The van der Waals surface area contributed by atoms with Crippen molar-refractivity contribution in [2.75, 3.05) is 6.54 Å². The lowest BCUT2D eigenvalue weighted by Crippen LogP contribution is -2.16. The first-order valence-electron chi connectivity index (χ1n) is 6.49. The van der Waals surface area contributed by atoms with Crippen LogP contribution in [0.5, 0.6) is 0 Å². The number of nitrogens with one attached hydrogen (secondary N) is 1. The molecule has 6 heteroatoms. The standard InChI is InChI=1S/C14H18N4O2/c1-11-13(10-17(2)16-11)9-15-8-7-12-3-5-14(6-4-12)18(19)20/h3-6,10,15H,7-9H2,1-2H3. The largest absolute Gasteiger partial charge is 0.312 e. The fourth-order valence-electron chi connectivity index (χ4n) is 2.06. The number of aryl methyl sites for hydroxylation is 2. The molecule has 0 atom stereocenters. The summed E-state index contributed by atoms with van der Waals surface area (Å²) in [7, 11) is 1.91. The van der Waals surface area contributed by atoms with Crippen molar-refractivity contribution in [3.8, 4) is 0 Å². The van der Waals surface area contributed by atoms with E-state index >= 15 is 0 Å². The van der Waals surface area contributed by atoms with Gasteiger partial charge in [-0.2, -0.15) is 5.10 Å². The molecule has 0 amide bonds. The highest BCUT2D eigenvalue weighted by atomic mass is 16.6. The second kappa shape index (κ2) is 6.29. The summed E-state index contributed by atoms with van der Waals surface area (Å²) in [5, 5.41) is 18.2. The third-order valence-electron chi connectivity index (χ3n) is 3.17. The van der Waals surface area contributed by atoms with Gasteiger partial charge in [-0.25, -0.2) is 0 Å². The lowest BCUT2D eigenvalue weighted by molar-refractivity contribution is -0.384. The van der Waals surface area contributed by atoms with Crippen molar-refractivity contribution in [3.63, 3.8) is 0 Å². The van der Waals surface area contributed by atoms with E-state index in [9.17, 15) is 10.1 Å². The second-order valence-corrected chi connectivity index (χ2v) is 4.76. The highest BCUT2D eigenvalue weighted by molar-refractivity contribution is 5.32. The van der Waals surface area contributed by atoms with Crippen molar-refractivity contribution in [3.05, 3.63) is 57.4 Å². The van der Waals surface area contributed by atoms with Gasteiger partial charge < -0.3 is 5.32 Å². The summed E-state index contributed by atoms with van der Waals surface area (Å²) in [5.74, 6) is 0. The lowest BCUT2D eigenvalue weighted by Gasteiger charge is -2.04. The number of rotatable bonds is 6. The van der Waals surface area contributed by atoms with Crippen LogP contribution < -0.4 is 5.32 Å². The molecule has 1 aromatic heterocycles. The van der Waals surface area contributed by atoms with Gasteiger partial charge in [0.2, 0.25) is 0 Å². The van der Waals surface area contributed by atoms with E-state index in [1.54, 1.807) is 24.3 Å². The summed E-state index contributed by atoms with van der Waals surface area (Å²) < 4.78 is 1.81. The third kappa shape index (κ3) is 3.64. The Morgan fingerprint density at radius 2 is 2.05 bits per heavy atom. The van der Waals surface area contributed by atoms with E-state index in [1.165, 1.54) is 5.56 Å². The first-order chi connectivity index (χ1) is 9.56. The normalized spacial score (nSPS) is 10.7. The number of hydrogen-bond donors (Lipinski definition) is 1. The quantitative estimate of drug-likeness (QED) is 0.496. The fourth-order valence-corrected chi connectivity index (χ4v) is 2.06. The highest BCUT2D eigenvalue weighted by Gasteiger charge is 2.04. The SMILES string of the molecule is Cc1nn(C)cc1CNCCc1ccc([N+](=O)[O-])cc1. The number of benzene rings is 1. The Kier molecular flexibility index (Phi) is 4.47. The van der Waals surface area contributed by atoms with Crippen LogP contribution in [0.4, 0.5) is 5.69 Å². The van der Waals surface area contributed by atoms with E-state index in [0.717, 1.165) is 30.8 Å². The van der Waals surface area contributed by atoms with Crippen molar-refractivity contribution < 1.29 is 4.92 Å². The predicted octanol–water partition coefficient (Wildman–Crippen LogP) is 1.97. The van der Waals surface area contributed by atoms with Crippen LogP contribution in [0, 0.1) is 17.0 Å². The monoisotopic (exact) mass is 274 g/mol. The molecule has 0 saturated carbocycles. The topological polar surface area (TPSA) is 73.0 Å². The lowest BCUT2D eigenvalue weighted by atomic mass is 10.1. The van der Waals surface area contributed by atoms with E-state index in [-0.39, 0.29) is 10.6 Å². The van der Waals surface area contributed by atoms with E-state index in [4.69, 9.17) is 0 Å². The molecule has 1 aromatic carbocycles. The van der Waals surface area contributed by atoms with Crippen LogP contribution in [0.2, 0.25) is 0 Å². The number of aromatic nitrogens is 2. The van der Waals surface area contributed by atoms with Crippen molar-refractivity contribution >= 4 is 5.69 Å². The van der Waals surface area contributed by atoms with Gasteiger partial charge >= 0.3 is 0 Å². The van der Waals surface area contributed by atoms with E-state index in [0.29, 0.717) is 0 Å². The molecule has 0 saturated heterocycles. The van der Waals surface area contributed by atoms with Gasteiger partial charge in [0, 0.05) is 37.5 Å². The number of hydrogen-bond acceptors (Lipinski definition) is 4. The zero-order valence-corrected chi connectivity index (χ0v) is 11.7. The smallest absolute Gasteiger partial charge is 0.269 e. The average Bonchev–Trinajstić information content (AvgIpc) is 2.73. The number of nitrogens with zero attached hydrogens (tertiary/aromatic N) is 3. The highest BCUT2D eigenvalue weighted by Crippen LogP contribution is 2.12. The average molecular weight is 274 g/mol. The molecule has 20 heavy (non-hydrogen) atoms. The maximum absolute atomic E-state index is 10.5. The molecular formula is C14H18N4O2. The van der Waals surface area contributed by atoms with Gasteiger partial charge in [0.15, 0.2) is 0 Å². The number of non-ortho nitro benzene ring substituents is 1. The van der Waals surface area contributed by atoms with Crippen molar-refractivity contribution in [1.29, 1.82) is 0 Å². The molecule has 2 rings (SSSR count). The van der Waals surface area contributed by atoms with Gasteiger partial charge in [-0.1, -0.05) is 12.1 Å². The third-order valence-corrected chi connectivity index (χ3v) is 3.17. The van der Waals surface area contributed by atoms with Crippen LogP contribution >= 0.6 is 0 Å². The molecule has 106 valence electrons. The molecule has 0 aliphatic heterocycles. The van der Waals surface area contributed by atoms with E-state index < -0.39 is 0 Å². The minimum atomic E-state index is -0.382. The number of nitro benzene ring substituents is 1. The number of nitro groups is 1. The molecule has 0 aliphatic rings.